The van der Waals surface area contributed by atoms with Gasteiger partial charge in [-0.2, -0.15) is 10.2 Å². The van der Waals surface area contributed by atoms with Crippen LogP contribution >= 0.6 is 0 Å². The number of pyridine rings is 1. The van der Waals surface area contributed by atoms with E-state index in [-0.39, 0.29) is 11.9 Å². The van der Waals surface area contributed by atoms with E-state index >= 15 is 0 Å². The maximum atomic E-state index is 13.1. The summed E-state index contributed by atoms with van der Waals surface area (Å²) in [6, 6.07) is 3.91. The highest BCUT2D eigenvalue weighted by atomic mass is 16.2. The van der Waals surface area contributed by atoms with Gasteiger partial charge in [0, 0.05) is 30.7 Å². The molecule has 25 heavy (non-hydrogen) atoms. The van der Waals surface area contributed by atoms with Gasteiger partial charge in [0.15, 0.2) is 0 Å². The van der Waals surface area contributed by atoms with Crippen LogP contribution in [-0.2, 0) is 6.54 Å². The fourth-order valence-corrected chi connectivity index (χ4v) is 3.42. The van der Waals surface area contributed by atoms with E-state index in [0.717, 1.165) is 42.8 Å². The second-order valence-corrected chi connectivity index (χ2v) is 6.43. The molecule has 1 N–H and O–H groups in total. The first-order valence-corrected chi connectivity index (χ1v) is 8.46. The molecule has 0 spiro atoms. The predicted molar refractivity (Wildman–Crippen MR) is 92.8 cm³/mol. The standard InChI is InChI=1S/C18H20N6O/c1-13-9-21-23(11-13)12-15-3-2-8-24(15)18(25)16-10-20-22-17(16)14-4-6-19-7-5-14/h4-7,9-11,15H,2-3,8,12H2,1H3,(H,20,22)/t15-/m0/s1. The summed E-state index contributed by atoms with van der Waals surface area (Å²) in [4.78, 5) is 19.1. The number of carbonyl (C=O) groups is 1. The van der Waals surface area contributed by atoms with E-state index < -0.39 is 0 Å². The molecule has 4 heterocycles. The second kappa shape index (κ2) is 6.51. The van der Waals surface area contributed by atoms with Crippen molar-refractivity contribution in [2.75, 3.05) is 6.54 Å². The predicted octanol–water partition coefficient (Wildman–Crippen LogP) is 2.28. The van der Waals surface area contributed by atoms with E-state index in [0.29, 0.717) is 5.56 Å². The third kappa shape index (κ3) is 3.05. The fraction of sp³-hybridized carbons (Fsp3) is 0.333. The van der Waals surface area contributed by atoms with Crippen molar-refractivity contribution in [3.63, 3.8) is 0 Å². The van der Waals surface area contributed by atoms with Crippen LogP contribution in [0.1, 0.15) is 28.8 Å². The Morgan fingerprint density at radius 2 is 2.16 bits per heavy atom. The molecule has 0 aliphatic carbocycles. The number of aromatic amines is 1. The average Bonchev–Trinajstić information content (AvgIpc) is 3.36. The third-order valence-corrected chi connectivity index (χ3v) is 4.64. The number of rotatable bonds is 4. The highest BCUT2D eigenvalue weighted by Crippen LogP contribution is 2.26. The number of aryl methyl sites for hydroxylation is 1. The first-order valence-electron chi connectivity index (χ1n) is 8.46. The summed E-state index contributed by atoms with van der Waals surface area (Å²) >= 11 is 0. The topological polar surface area (TPSA) is 79.7 Å². The van der Waals surface area contributed by atoms with Gasteiger partial charge < -0.3 is 4.90 Å². The molecular formula is C18H20N6O. The molecule has 1 atom stereocenters. The number of amides is 1. The maximum Gasteiger partial charge on any atom is 0.258 e. The number of likely N-dealkylation sites (tertiary alicyclic amines) is 1. The molecule has 4 rings (SSSR count). The fourth-order valence-electron chi connectivity index (χ4n) is 3.42. The Kier molecular flexibility index (Phi) is 4.05. The molecule has 3 aromatic rings. The van der Waals surface area contributed by atoms with E-state index in [1.165, 1.54) is 0 Å². The summed E-state index contributed by atoms with van der Waals surface area (Å²) in [6.45, 7) is 3.51. The van der Waals surface area contributed by atoms with Crippen molar-refractivity contribution in [1.29, 1.82) is 0 Å². The Hall–Kier alpha value is -2.96. The zero-order valence-corrected chi connectivity index (χ0v) is 14.1. The first-order chi connectivity index (χ1) is 12.2. The van der Waals surface area contributed by atoms with Crippen molar-refractivity contribution in [3.8, 4) is 11.3 Å². The molecule has 7 nitrogen and oxygen atoms in total. The molecule has 1 saturated heterocycles. The summed E-state index contributed by atoms with van der Waals surface area (Å²) in [5, 5.41) is 11.4. The third-order valence-electron chi connectivity index (χ3n) is 4.64. The quantitative estimate of drug-likeness (QED) is 0.793. The monoisotopic (exact) mass is 336 g/mol. The molecule has 0 aromatic carbocycles. The van der Waals surface area contributed by atoms with Crippen molar-refractivity contribution in [1.82, 2.24) is 29.9 Å². The number of hydrogen-bond donors (Lipinski definition) is 1. The second-order valence-electron chi connectivity index (χ2n) is 6.43. The summed E-state index contributed by atoms with van der Waals surface area (Å²) < 4.78 is 1.92. The summed E-state index contributed by atoms with van der Waals surface area (Å²) in [5.41, 5.74) is 3.39. The van der Waals surface area contributed by atoms with E-state index in [4.69, 9.17) is 0 Å². The summed E-state index contributed by atoms with van der Waals surface area (Å²) in [7, 11) is 0. The molecule has 1 aliphatic rings. The van der Waals surface area contributed by atoms with Crippen molar-refractivity contribution in [2.45, 2.75) is 32.4 Å². The minimum Gasteiger partial charge on any atom is -0.334 e. The lowest BCUT2D eigenvalue weighted by atomic mass is 10.1. The molecule has 128 valence electrons. The lowest BCUT2D eigenvalue weighted by Gasteiger charge is -2.24. The van der Waals surface area contributed by atoms with Crippen LogP contribution in [0.25, 0.3) is 11.3 Å². The lowest BCUT2D eigenvalue weighted by Crippen LogP contribution is -2.38. The largest absolute Gasteiger partial charge is 0.334 e. The number of carbonyl (C=O) groups excluding carboxylic acids is 1. The van der Waals surface area contributed by atoms with E-state index in [1.54, 1.807) is 18.6 Å². The highest BCUT2D eigenvalue weighted by Gasteiger charge is 2.31. The van der Waals surface area contributed by atoms with Crippen molar-refractivity contribution < 1.29 is 4.79 Å². The smallest absolute Gasteiger partial charge is 0.258 e. The average molecular weight is 336 g/mol. The minimum atomic E-state index is 0.0203. The molecule has 7 heteroatoms. The van der Waals surface area contributed by atoms with E-state index in [1.807, 2.05) is 41.0 Å². The zero-order chi connectivity index (χ0) is 17.2. The van der Waals surface area contributed by atoms with E-state index in [2.05, 4.69) is 20.3 Å². The van der Waals surface area contributed by atoms with Gasteiger partial charge in [-0.15, -0.1) is 0 Å². The molecule has 1 aliphatic heterocycles. The van der Waals surface area contributed by atoms with Crippen LogP contribution in [0.4, 0.5) is 0 Å². The molecule has 0 saturated carbocycles. The maximum absolute atomic E-state index is 13.1. The van der Waals surface area contributed by atoms with Gasteiger partial charge in [-0.3, -0.25) is 19.6 Å². The Bertz CT molecular complexity index is 869. The number of H-pyrrole nitrogens is 1. The Balaban J connectivity index is 1.57. The van der Waals surface area contributed by atoms with Gasteiger partial charge in [0.25, 0.3) is 5.91 Å². The van der Waals surface area contributed by atoms with E-state index in [9.17, 15) is 4.79 Å². The van der Waals surface area contributed by atoms with Crippen molar-refractivity contribution in [3.05, 3.63) is 54.2 Å². The van der Waals surface area contributed by atoms with Crippen LogP contribution in [0, 0.1) is 6.92 Å². The van der Waals surface area contributed by atoms with Crippen molar-refractivity contribution in [2.24, 2.45) is 0 Å². The first kappa shape index (κ1) is 15.6. The SMILES string of the molecule is Cc1cnn(C[C@@H]2CCCN2C(=O)c2cn[nH]c2-c2ccncc2)c1. The minimum absolute atomic E-state index is 0.0203. The number of hydrogen-bond acceptors (Lipinski definition) is 4. The zero-order valence-electron chi connectivity index (χ0n) is 14.1. The van der Waals surface area contributed by atoms with Gasteiger partial charge in [-0.25, -0.2) is 0 Å². The van der Waals surface area contributed by atoms with Crippen LogP contribution < -0.4 is 0 Å². The lowest BCUT2D eigenvalue weighted by molar-refractivity contribution is 0.0722. The Morgan fingerprint density at radius 3 is 2.92 bits per heavy atom. The summed E-state index contributed by atoms with van der Waals surface area (Å²) in [6.07, 6.45) is 10.9. The van der Waals surface area contributed by atoms with Crippen LogP contribution in [-0.4, -0.2) is 48.4 Å². The number of nitrogens with zero attached hydrogens (tertiary/aromatic N) is 5. The van der Waals surface area contributed by atoms with Gasteiger partial charge in [0.2, 0.25) is 0 Å². The van der Waals surface area contributed by atoms with Gasteiger partial charge in [0.05, 0.1) is 36.2 Å². The molecule has 0 unspecified atom stereocenters. The normalized spacial score (nSPS) is 17.2. The van der Waals surface area contributed by atoms with Gasteiger partial charge in [0.1, 0.15) is 0 Å². The summed E-state index contributed by atoms with van der Waals surface area (Å²) in [5.74, 6) is 0.0203. The molecule has 1 fully saturated rings. The molecule has 0 bridgehead atoms. The molecule has 0 radical (unpaired) electrons. The molecule has 3 aromatic heterocycles. The van der Waals surface area contributed by atoms with Crippen LogP contribution in [0.2, 0.25) is 0 Å². The van der Waals surface area contributed by atoms with Gasteiger partial charge >= 0.3 is 0 Å². The molecule has 1 amide bonds. The van der Waals surface area contributed by atoms with Crippen LogP contribution in [0.3, 0.4) is 0 Å². The Labute approximate surface area is 145 Å². The van der Waals surface area contributed by atoms with Crippen molar-refractivity contribution >= 4 is 5.91 Å². The van der Waals surface area contributed by atoms with Gasteiger partial charge in [-0.1, -0.05) is 0 Å². The number of aromatic nitrogens is 5. The Morgan fingerprint density at radius 1 is 1.32 bits per heavy atom. The van der Waals surface area contributed by atoms with Crippen LogP contribution in [0.15, 0.2) is 43.1 Å². The van der Waals surface area contributed by atoms with Crippen LogP contribution in [0.5, 0.6) is 0 Å². The van der Waals surface area contributed by atoms with Gasteiger partial charge in [-0.05, 0) is 37.5 Å². The number of nitrogens with one attached hydrogen (secondary N) is 1. The molecular weight excluding hydrogens is 316 g/mol. The highest BCUT2D eigenvalue weighted by molar-refractivity contribution is 6.00.